The van der Waals surface area contributed by atoms with E-state index in [1.165, 1.54) is 44.9 Å². The van der Waals surface area contributed by atoms with Crippen LogP contribution >= 0.6 is 34.4 Å². The molecule has 0 unspecified atom stereocenters. The Balaban J connectivity index is 0.982. The Morgan fingerprint density at radius 3 is 0.959 bits per heavy atom. The number of thiophene rings is 2. The van der Waals surface area contributed by atoms with Gasteiger partial charge in [-0.2, -0.15) is 8.75 Å². The minimum atomic E-state index is -0.651. The van der Waals surface area contributed by atoms with Gasteiger partial charge in [0.2, 0.25) is 0 Å². The molecule has 0 bridgehead atoms. The van der Waals surface area contributed by atoms with Crippen LogP contribution in [0.5, 0.6) is 0 Å². The molecule has 0 aliphatic carbocycles. The molecular formula is C60H52N6O4S3. The third-order valence-corrected chi connectivity index (χ3v) is 15.9. The van der Waals surface area contributed by atoms with Gasteiger partial charge in [-0.25, -0.2) is 0 Å². The van der Waals surface area contributed by atoms with Gasteiger partial charge in [-0.1, -0.05) is 125 Å². The Kier molecular flexibility index (Phi) is 12.9. The summed E-state index contributed by atoms with van der Waals surface area (Å²) in [7, 11) is 0. The molecule has 0 fully saturated rings. The fraction of sp³-hybridized carbons (Fsp3) is 0.167. The van der Waals surface area contributed by atoms with Crippen LogP contribution in [0.15, 0.2) is 170 Å². The molecular weight excluding hydrogens is 965 g/mol. The van der Waals surface area contributed by atoms with Crippen molar-refractivity contribution in [3.63, 3.8) is 0 Å². The molecule has 13 heteroatoms. The molecule has 0 radical (unpaired) electrons. The number of nitro benzene ring substituents is 2. The number of hydrogen-bond donors (Lipinski definition) is 0. The van der Waals surface area contributed by atoms with Crippen molar-refractivity contribution in [3.05, 3.63) is 212 Å². The largest absolute Gasteiger partial charge is 0.357 e. The number of benzene rings is 7. The lowest BCUT2D eigenvalue weighted by Gasteiger charge is -2.27. The number of rotatable bonds is 12. The zero-order valence-electron chi connectivity index (χ0n) is 41.7. The van der Waals surface area contributed by atoms with Crippen molar-refractivity contribution in [1.82, 2.24) is 8.75 Å². The van der Waals surface area contributed by atoms with Gasteiger partial charge in [-0.3, -0.25) is 20.2 Å². The lowest BCUT2D eigenvalue weighted by Crippen LogP contribution is -2.13. The Morgan fingerprint density at radius 1 is 0.397 bits per heavy atom. The van der Waals surface area contributed by atoms with Crippen molar-refractivity contribution in [2.24, 2.45) is 0 Å². The second-order valence-electron chi connectivity index (χ2n) is 20.3. The summed E-state index contributed by atoms with van der Waals surface area (Å²) in [6, 6.07) is 57.9. The molecule has 73 heavy (non-hydrogen) atoms. The van der Waals surface area contributed by atoms with Crippen LogP contribution in [0.4, 0.5) is 45.5 Å². The zero-order valence-corrected chi connectivity index (χ0v) is 44.2. The molecule has 0 amide bonds. The maximum atomic E-state index is 13.2. The first-order valence-electron chi connectivity index (χ1n) is 23.9. The topological polar surface area (TPSA) is 119 Å². The van der Waals surface area contributed by atoms with Crippen molar-refractivity contribution in [1.29, 1.82) is 0 Å². The van der Waals surface area contributed by atoms with E-state index in [1.807, 2.05) is 36.4 Å². The highest BCUT2D eigenvalue weighted by molar-refractivity contribution is 7.19. The highest BCUT2D eigenvalue weighted by Gasteiger charge is 2.40. The number of nitrogens with zero attached hydrogens (tertiary/aromatic N) is 6. The predicted octanol–water partition coefficient (Wildman–Crippen LogP) is 18.5. The van der Waals surface area contributed by atoms with Gasteiger partial charge < -0.3 is 9.80 Å². The summed E-state index contributed by atoms with van der Waals surface area (Å²) >= 11 is 3.52. The van der Waals surface area contributed by atoms with Gasteiger partial charge in [0.1, 0.15) is 22.2 Å². The summed E-state index contributed by atoms with van der Waals surface area (Å²) in [5.74, 6) is 0. The first kappa shape index (κ1) is 48.8. The van der Waals surface area contributed by atoms with E-state index in [0.717, 1.165) is 66.7 Å². The van der Waals surface area contributed by atoms with Crippen molar-refractivity contribution in [3.8, 4) is 41.8 Å². The predicted molar refractivity (Wildman–Crippen MR) is 304 cm³/mol. The molecule has 0 spiro atoms. The van der Waals surface area contributed by atoms with Crippen LogP contribution < -0.4 is 9.80 Å². The SMILES string of the molecule is Cc1ccc(N(c2ccc(-c3ccc(-c4c([N+](=O)[O-])c([N+](=O)[O-])c(-c5ccc(-c6ccc(N(c7ccc(C)cc7)c7ccc(C(C)(C)C)cc7)cc6)s5)c5nsnc45)s3)cc2)c2ccc(C(C)(C)C)cc2)cc1. The minimum absolute atomic E-state index is 0.0141. The van der Waals surface area contributed by atoms with Crippen LogP contribution in [0.25, 0.3) is 52.8 Å². The summed E-state index contributed by atoms with van der Waals surface area (Å²) in [4.78, 5) is 32.2. The summed E-state index contributed by atoms with van der Waals surface area (Å²) < 4.78 is 9.17. The molecule has 10 rings (SSSR count). The highest BCUT2D eigenvalue weighted by atomic mass is 32.1. The molecule has 0 N–H and O–H groups in total. The van der Waals surface area contributed by atoms with Gasteiger partial charge in [-0.05, 0) is 144 Å². The molecule has 7 aromatic carbocycles. The molecule has 364 valence electrons. The minimum Gasteiger partial charge on any atom is -0.311 e. The molecule has 0 saturated carbocycles. The van der Waals surface area contributed by atoms with E-state index in [-0.39, 0.29) is 33.0 Å². The zero-order chi connectivity index (χ0) is 51.3. The molecule has 0 saturated heterocycles. The maximum absolute atomic E-state index is 13.2. The number of aryl methyl sites for hydroxylation is 2. The molecule has 10 nitrogen and oxygen atoms in total. The van der Waals surface area contributed by atoms with E-state index in [9.17, 15) is 20.2 Å². The van der Waals surface area contributed by atoms with Crippen LogP contribution in [0.3, 0.4) is 0 Å². The summed E-state index contributed by atoms with van der Waals surface area (Å²) in [6.07, 6.45) is 0. The van der Waals surface area contributed by atoms with E-state index in [0.29, 0.717) is 9.75 Å². The monoisotopic (exact) mass is 1020 g/mol. The smallest absolute Gasteiger partial charge is 0.311 e. The first-order valence-corrected chi connectivity index (χ1v) is 26.3. The number of nitro groups is 2. The number of aromatic nitrogens is 2. The van der Waals surface area contributed by atoms with E-state index >= 15 is 0 Å². The van der Waals surface area contributed by atoms with Gasteiger partial charge in [0, 0.05) is 53.6 Å². The van der Waals surface area contributed by atoms with Crippen LogP contribution in [0.2, 0.25) is 0 Å². The van der Waals surface area contributed by atoms with Crippen LogP contribution in [-0.4, -0.2) is 18.6 Å². The average Bonchev–Trinajstić information content (AvgIpc) is 4.18. The van der Waals surface area contributed by atoms with E-state index < -0.39 is 21.2 Å². The second-order valence-corrected chi connectivity index (χ2v) is 23.0. The van der Waals surface area contributed by atoms with Gasteiger partial charge in [0.05, 0.1) is 21.6 Å². The quantitative estimate of drug-likeness (QED) is 0.0877. The standard InChI is InChI=1S/C60H52N6O4S3/c1-37-9-21-43(22-10-37)63(47-29-17-41(18-30-47)59(3,4)5)45-25-13-39(14-26-45)49-33-35-51(71-49)53-55-56(62-73-61-55)54(58(66(69)70)57(53)65(67)68)52-36-34-50(72-52)40-15-27-46(28-16-40)64(44-23-11-38(2)12-24-44)48-31-19-42(20-32-48)60(6,7)8/h9-36H,1-8H3. The molecule has 3 heterocycles. The fourth-order valence-corrected chi connectivity index (χ4v) is 11.8. The van der Waals surface area contributed by atoms with Gasteiger partial charge in [0.15, 0.2) is 0 Å². The van der Waals surface area contributed by atoms with Crippen molar-refractivity contribution in [2.45, 2.75) is 66.2 Å². The van der Waals surface area contributed by atoms with Gasteiger partial charge in [-0.15, -0.1) is 22.7 Å². The third kappa shape index (κ3) is 9.66. The van der Waals surface area contributed by atoms with Crippen LogP contribution in [0.1, 0.15) is 63.8 Å². The van der Waals surface area contributed by atoms with Gasteiger partial charge >= 0.3 is 11.4 Å². The number of fused-ring (bicyclic) bond motifs is 1. The number of hydrogen-bond acceptors (Lipinski definition) is 11. The summed E-state index contributed by atoms with van der Waals surface area (Å²) in [5.41, 5.74) is 12.1. The molecule has 0 aliphatic rings. The Labute approximate surface area is 437 Å². The van der Waals surface area contributed by atoms with Crippen molar-refractivity contribution in [2.75, 3.05) is 9.80 Å². The van der Waals surface area contributed by atoms with Crippen molar-refractivity contribution >= 4 is 90.9 Å². The van der Waals surface area contributed by atoms with Crippen LogP contribution in [0, 0.1) is 34.1 Å². The van der Waals surface area contributed by atoms with Crippen molar-refractivity contribution < 1.29 is 9.85 Å². The molecule has 0 aliphatic heterocycles. The normalized spacial score (nSPS) is 11.8. The Morgan fingerprint density at radius 2 is 0.671 bits per heavy atom. The van der Waals surface area contributed by atoms with E-state index in [4.69, 9.17) is 0 Å². The lowest BCUT2D eigenvalue weighted by molar-refractivity contribution is -0.421. The third-order valence-electron chi connectivity index (χ3n) is 13.1. The fourth-order valence-electron chi connectivity index (χ4n) is 9.11. The molecule has 0 atom stereocenters. The number of anilines is 6. The second kappa shape index (κ2) is 19.3. The lowest BCUT2D eigenvalue weighted by atomic mass is 9.87. The maximum Gasteiger partial charge on any atom is 0.357 e. The van der Waals surface area contributed by atoms with Crippen LogP contribution in [-0.2, 0) is 10.8 Å². The van der Waals surface area contributed by atoms with E-state index in [1.54, 1.807) is 12.1 Å². The Hall–Kier alpha value is -7.84. The highest BCUT2D eigenvalue weighted by Crippen LogP contribution is 2.53. The summed E-state index contributed by atoms with van der Waals surface area (Å²) in [5, 5.41) is 26.4. The van der Waals surface area contributed by atoms with Gasteiger partial charge in [0.25, 0.3) is 0 Å². The molecule has 10 aromatic rings. The Bertz CT molecular complexity index is 3400. The molecule has 3 aromatic heterocycles. The van der Waals surface area contributed by atoms with E-state index in [2.05, 4.69) is 195 Å². The average molecular weight is 1020 g/mol. The first-order chi connectivity index (χ1) is 34.9. The summed E-state index contributed by atoms with van der Waals surface area (Å²) in [6.45, 7) is 17.4.